The molecule has 0 saturated carbocycles. The molecule has 1 aliphatic heterocycles. The molecule has 0 unspecified atom stereocenters. The number of carbonyl (C=O) groups excluding carboxylic acids is 1. The molecule has 0 atom stereocenters. The molecule has 1 fully saturated rings. The summed E-state index contributed by atoms with van der Waals surface area (Å²) in [5, 5.41) is 14.6. The molecule has 7 heteroatoms. The number of hydrogen-bond donors (Lipinski definition) is 3. The lowest BCUT2D eigenvalue weighted by Gasteiger charge is -2.38. The third-order valence-corrected chi connectivity index (χ3v) is 4.67. The third-order valence-electron chi connectivity index (χ3n) is 4.67. The van der Waals surface area contributed by atoms with Crippen molar-refractivity contribution in [2.24, 2.45) is 5.41 Å². The number of carboxylic acid groups (broad SMARTS) is 1. The molecule has 1 aromatic rings. The van der Waals surface area contributed by atoms with Crippen molar-refractivity contribution in [2.45, 2.75) is 46.0 Å². The molecule has 22 heavy (non-hydrogen) atoms. The standard InChI is InChI=1S/C15H23N3O4/c1-3-4-15(14(21)22)5-7-18(8-6-15)12(19)9-11-10(2)16-17-13(11)20/h3-9H2,1-2H3,(H,21,22)(H2,16,17,20). The zero-order chi connectivity index (χ0) is 16.3. The van der Waals surface area contributed by atoms with Crippen LogP contribution in [0, 0.1) is 12.3 Å². The van der Waals surface area contributed by atoms with Crippen LogP contribution >= 0.6 is 0 Å². The van der Waals surface area contributed by atoms with Crippen LogP contribution in [0.1, 0.15) is 43.9 Å². The van der Waals surface area contributed by atoms with Gasteiger partial charge in [0.25, 0.3) is 5.56 Å². The van der Waals surface area contributed by atoms with Crippen LogP contribution in [0.15, 0.2) is 4.79 Å². The van der Waals surface area contributed by atoms with Gasteiger partial charge >= 0.3 is 5.97 Å². The zero-order valence-electron chi connectivity index (χ0n) is 13.1. The van der Waals surface area contributed by atoms with Gasteiger partial charge < -0.3 is 15.1 Å². The molecule has 3 N–H and O–H groups in total. The van der Waals surface area contributed by atoms with Crippen molar-refractivity contribution in [1.82, 2.24) is 15.1 Å². The maximum Gasteiger partial charge on any atom is 0.309 e. The van der Waals surface area contributed by atoms with Crippen molar-refractivity contribution in [3.8, 4) is 0 Å². The number of amides is 1. The molecular formula is C15H23N3O4. The molecule has 1 amide bonds. The van der Waals surface area contributed by atoms with E-state index in [-0.39, 0.29) is 17.9 Å². The Morgan fingerprint density at radius 1 is 1.27 bits per heavy atom. The average molecular weight is 309 g/mol. The number of aliphatic carboxylic acids is 1. The minimum Gasteiger partial charge on any atom is -0.481 e. The summed E-state index contributed by atoms with van der Waals surface area (Å²) in [5.74, 6) is -0.886. The topological polar surface area (TPSA) is 106 Å². The highest BCUT2D eigenvalue weighted by molar-refractivity contribution is 5.80. The second kappa shape index (κ2) is 6.37. The van der Waals surface area contributed by atoms with E-state index in [4.69, 9.17) is 0 Å². The van der Waals surface area contributed by atoms with Gasteiger partial charge in [-0.3, -0.25) is 19.5 Å². The van der Waals surface area contributed by atoms with Crippen molar-refractivity contribution >= 4 is 11.9 Å². The van der Waals surface area contributed by atoms with Gasteiger partial charge in [0, 0.05) is 24.3 Å². The summed E-state index contributed by atoms with van der Waals surface area (Å²) < 4.78 is 0. The fourth-order valence-corrected chi connectivity index (χ4v) is 3.18. The van der Waals surface area contributed by atoms with Crippen LogP contribution in [0.3, 0.4) is 0 Å². The quantitative estimate of drug-likeness (QED) is 0.755. The smallest absolute Gasteiger partial charge is 0.309 e. The number of H-pyrrole nitrogens is 2. The minimum absolute atomic E-state index is 0.0541. The second-order valence-corrected chi connectivity index (χ2v) is 6.08. The zero-order valence-corrected chi connectivity index (χ0v) is 13.1. The molecule has 1 aromatic heterocycles. The van der Waals surface area contributed by atoms with E-state index in [0.717, 1.165) is 6.42 Å². The molecule has 122 valence electrons. The molecule has 1 saturated heterocycles. The maximum atomic E-state index is 12.3. The van der Waals surface area contributed by atoms with Gasteiger partial charge in [0.2, 0.25) is 5.91 Å². The second-order valence-electron chi connectivity index (χ2n) is 6.08. The number of rotatable bonds is 5. The van der Waals surface area contributed by atoms with Gasteiger partial charge in [-0.2, -0.15) is 0 Å². The molecule has 0 spiro atoms. The molecule has 2 rings (SSSR count). The fourth-order valence-electron chi connectivity index (χ4n) is 3.18. The van der Waals surface area contributed by atoms with E-state index in [2.05, 4.69) is 10.2 Å². The monoisotopic (exact) mass is 309 g/mol. The largest absolute Gasteiger partial charge is 0.481 e. The van der Waals surface area contributed by atoms with E-state index in [1.54, 1.807) is 11.8 Å². The Morgan fingerprint density at radius 2 is 1.91 bits per heavy atom. The lowest BCUT2D eigenvalue weighted by Crippen LogP contribution is -2.47. The van der Waals surface area contributed by atoms with Crippen LogP contribution < -0.4 is 5.56 Å². The Hall–Kier alpha value is -2.05. The minimum atomic E-state index is -0.764. The van der Waals surface area contributed by atoms with Gasteiger partial charge in [-0.1, -0.05) is 13.3 Å². The number of carbonyl (C=O) groups is 2. The van der Waals surface area contributed by atoms with Crippen LogP contribution in [-0.2, 0) is 16.0 Å². The first kappa shape index (κ1) is 16.3. The number of piperidine rings is 1. The van der Waals surface area contributed by atoms with E-state index in [1.165, 1.54) is 0 Å². The van der Waals surface area contributed by atoms with Gasteiger partial charge in [-0.15, -0.1) is 0 Å². The van der Waals surface area contributed by atoms with Crippen molar-refractivity contribution < 1.29 is 14.7 Å². The Bertz CT molecular complexity index is 609. The lowest BCUT2D eigenvalue weighted by atomic mass is 9.75. The third kappa shape index (κ3) is 3.08. The Labute approximate surface area is 128 Å². The molecule has 7 nitrogen and oxygen atoms in total. The highest BCUT2D eigenvalue weighted by Gasteiger charge is 2.41. The molecule has 2 heterocycles. The molecule has 1 aliphatic rings. The van der Waals surface area contributed by atoms with Crippen LogP contribution in [0.2, 0.25) is 0 Å². The number of aromatic amines is 2. The van der Waals surface area contributed by atoms with Crippen LogP contribution in [-0.4, -0.2) is 45.2 Å². The summed E-state index contributed by atoms with van der Waals surface area (Å²) in [6.07, 6.45) is 2.46. The SMILES string of the molecule is CCCC1(C(=O)O)CCN(C(=O)Cc2c(C)[nH][nH]c2=O)CC1. The number of hydrogen-bond acceptors (Lipinski definition) is 3. The van der Waals surface area contributed by atoms with Crippen molar-refractivity contribution in [3.05, 3.63) is 21.6 Å². The lowest BCUT2D eigenvalue weighted by molar-refractivity contribution is -0.154. The van der Waals surface area contributed by atoms with Gasteiger partial charge in [0.15, 0.2) is 0 Å². The van der Waals surface area contributed by atoms with Crippen molar-refractivity contribution in [2.75, 3.05) is 13.1 Å². The summed E-state index contributed by atoms with van der Waals surface area (Å²) in [6.45, 7) is 4.59. The van der Waals surface area contributed by atoms with Gasteiger partial charge in [-0.05, 0) is 26.2 Å². The average Bonchev–Trinajstić information content (AvgIpc) is 2.80. The van der Waals surface area contributed by atoms with E-state index in [0.29, 0.717) is 43.6 Å². The summed E-state index contributed by atoms with van der Waals surface area (Å²) >= 11 is 0. The Morgan fingerprint density at radius 3 is 2.36 bits per heavy atom. The predicted molar refractivity (Wildman–Crippen MR) is 80.6 cm³/mol. The van der Waals surface area contributed by atoms with Crippen LogP contribution in [0.25, 0.3) is 0 Å². The van der Waals surface area contributed by atoms with Crippen LogP contribution in [0.4, 0.5) is 0 Å². The molecule has 0 bridgehead atoms. The van der Waals surface area contributed by atoms with Gasteiger partial charge in [-0.25, -0.2) is 0 Å². The fraction of sp³-hybridized carbons (Fsp3) is 0.667. The van der Waals surface area contributed by atoms with E-state index in [9.17, 15) is 19.5 Å². The maximum absolute atomic E-state index is 12.3. The van der Waals surface area contributed by atoms with E-state index < -0.39 is 11.4 Å². The summed E-state index contributed by atoms with van der Waals surface area (Å²) in [6, 6.07) is 0. The molecular weight excluding hydrogens is 286 g/mol. The van der Waals surface area contributed by atoms with Crippen molar-refractivity contribution in [1.29, 1.82) is 0 Å². The van der Waals surface area contributed by atoms with Gasteiger partial charge in [0.05, 0.1) is 11.8 Å². The molecule has 0 aromatic carbocycles. The van der Waals surface area contributed by atoms with E-state index in [1.807, 2.05) is 6.92 Å². The predicted octanol–water partition coefficient (Wildman–Crippen LogP) is 1.05. The number of nitrogens with one attached hydrogen (secondary N) is 2. The van der Waals surface area contributed by atoms with E-state index >= 15 is 0 Å². The summed E-state index contributed by atoms with van der Waals surface area (Å²) in [5.41, 5.74) is 0.149. The number of nitrogens with zero attached hydrogens (tertiary/aromatic N) is 1. The number of aryl methyl sites for hydroxylation is 1. The normalized spacial score (nSPS) is 17.5. The number of aromatic nitrogens is 2. The molecule has 0 aliphatic carbocycles. The first-order valence-corrected chi connectivity index (χ1v) is 7.67. The first-order chi connectivity index (χ1) is 10.4. The highest BCUT2D eigenvalue weighted by atomic mass is 16.4. The number of carboxylic acids is 1. The van der Waals surface area contributed by atoms with Gasteiger partial charge in [0.1, 0.15) is 0 Å². The van der Waals surface area contributed by atoms with Crippen molar-refractivity contribution in [3.63, 3.8) is 0 Å². The summed E-state index contributed by atoms with van der Waals surface area (Å²) in [4.78, 5) is 37.1. The summed E-state index contributed by atoms with van der Waals surface area (Å²) in [7, 11) is 0. The Kier molecular flexibility index (Phi) is 4.73. The molecule has 0 radical (unpaired) electrons. The Balaban J connectivity index is 2.00. The van der Waals surface area contributed by atoms with Crippen LogP contribution in [0.5, 0.6) is 0 Å². The number of likely N-dealkylation sites (tertiary alicyclic amines) is 1. The highest BCUT2D eigenvalue weighted by Crippen LogP contribution is 2.36. The first-order valence-electron chi connectivity index (χ1n) is 7.67.